The zero-order valence-electron chi connectivity index (χ0n) is 16.9. The second-order valence-electron chi connectivity index (χ2n) is 8.44. The maximum Gasteiger partial charge on any atom is 0.274 e. The highest BCUT2D eigenvalue weighted by Gasteiger charge is 2.50. The van der Waals surface area contributed by atoms with Gasteiger partial charge in [0.2, 0.25) is 11.8 Å². The molecule has 156 valence electrons. The molecule has 4 heterocycles. The Labute approximate surface area is 171 Å². The van der Waals surface area contributed by atoms with Crippen LogP contribution in [0.4, 0.5) is 0 Å². The molecule has 0 radical (unpaired) electrons. The fourth-order valence-electron chi connectivity index (χ4n) is 5.31. The monoisotopic (exact) mass is 399 g/mol. The van der Waals surface area contributed by atoms with E-state index in [0.29, 0.717) is 38.2 Å². The largest absolute Gasteiger partial charge is 0.354 e. The third-order valence-corrected chi connectivity index (χ3v) is 6.55. The Morgan fingerprint density at radius 1 is 1.24 bits per heavy atom. The van der Waals surface area contributed by atoms with Crippen LogP contribution in [0.15, 0.2) is 18.6 Å². The molecule has 1 N–H and O–H groups in total. The molecule has 1 aromatic rings. The maximum atomic E-state index is 13.0. The summed E-state index contributed by atoms with van der Waals surface area (Å²) in [6.07, 6.45) is 9.33. The first-order chi connectivity index (χ1) is 14.1. The average Bonchev–Trinajstić information content (AvgIpc) is 2.74. The standard InChI is InChI=1S/C21H29N5O3/c1-2-4-19(27)24-11-18-15-9-14(17-5-3-6-20(28)26(17)18)12-25(13-15)21(29)16-10-22-7-8-23-16/h7-8,10,14-15,17-18H,2-6,9,11-13H2,1H3,(H,24,27)/t14-,15+,17+,18+/m1/s1. The number of nitrogens with zero attached hydrogens (tertiary/aromatic N) is 4. The highest BCUT2D eigenvalue weighted by atomic mass is 16.2. The first kappa shape index (κ1) is 19.8. The van der Waals surface area contributed by atoms with Crippen molar-refractivity contribution in [1.29, 1.82) is 0 Å². The predicted molar refractivity (Wildman–Crippen MR) is 106 cm³/mol. The van der Waals surface area contributed by atoms with Crippen LogP contribution in [0, 0.1) is 11.8 Å². The summed E-state index contributed by atoms with van der Waals surface area (Å²) in [5.74, 6) is 0.561. The number of carbonyl (C=O) groups is 3. The number of amides is 3. The number of nitrogens with one attached hydrogen (secondary N) is 1. The summed E-state index contributed by atoms with van der Waals surface area (Å²) in [7, 11) is 0. The van der Waals surface area contributed by atoms with Gasteiger partial charge in [-0.05, 0) is 37.5 Å². The lowest BCUT2D eigenvalue weighted by Gasteiger charge is -2.56. The molecule has 8 heteroatoms. The van der Waals surface area contributed by atoms with Crippen molar-refractivity contribution >= 4 is 17.7 Å². The van der Waals surface area contributed by atoms with E-state index in [-0.39, 0.29) is 41.6 Å². The van der Waals surface area contributed by atoms with Gasteiger partial charge in [0, 0.05) is 50.9 Å². The minimum atomic E-state index is -0.0999. The number of hydrogen-bond donors (Lipinski definition) is 1. The van der Waals surface area contributed by atoms with Gasteiger partial charge in [-0.3, -0.25) is 19.4 Å². The maximum absolute atomic E-state index is 13.0. The molecular formula is C21H29N5O3. The molecule has 3 fully saturated rings. The molecule has 3 aliphatic rings. The molecule has 3 amide bonds. The molecule has 0 saturated carbocycles. The van der Waals surface area contributed by atoms with Crippen molar-refractivity contribution < 1.29 is 14.4 Å². The molecule has 0 aliphatic carbocycles. The highest BCUT2D eigenvalue weighted by Crippen LogP contribution is 2.41. The van der Waals surface area contributed by atoms with Gasteiger partial charge < -0.3 is 15.1 Å². The van der Waals surface area contributed by atoms with Crippen molar-refractivity contribution in [2.75, 3.05) is 19.6 Å². The highest BCUT2D eigenvalue weighted by molar-refractivity contribution is 5.92. The van der Waals surface area contributed by atoms with Gasteiger partial charge in [0.25, 0.3) is 5.91 Å². The van der Waals surface area contributed by atoms with Crippen molar-refractivity contribution in [2.45, 2.75) is 57.5 Å². The van der Waals surface area contributed by atoms with Crippen molar-refractivity contribution in [3.63, 3.8) is 0 Å². The van der Waals surface area contributed by atoms with Gasteiger partial charge in [-0.1, -0.05) is 6.92 Å². The van der Waals surface area contributed by atoms with Crippen LogP contribution in [0.3, 0.4) is 0 Å². The molecular weight excluding hydrogens is 370 g/mol. The van der Waals surface area contributed by atoms with E-state index in [0.717, 1.165) is 25.7 Å². The molecule has 0 aromatic carbocycles. The second-order valence-corrected chi connectivity index (χ2v) is 8.44. The molecule has 29 heavy (non-hydrogen) atoms. The number of carbonyl (C=O) groups excluding carboxylic acids is 3. The zero-order chi connectivity index (χ0) is 20.4. The lowest BCUT2D eigenvalue weighted by Crippen LogP contribution is -2.67. The number of piperidine rings is 3. The van der Waals surface area contributed by atoms with Crippen LogP contribution in [-0.4, -0.2) is 69.2 Å². The third-order valence-electron chi connectivity index (χ3n) is 6.55. The zero-order valence-corrected chi connectivity index (χ0v) is 16.9. The quantitative estimate of drug-likeness (QED) is 0.804. The normalized spacial score (nSPS) is 28.7. The Morgan fingerprint density at radius 3 is 2.83 bits per heavy atom. The second kappa shape index (κ2) is 8.47. The minimum Gasteiger partial charge on any atom is -0.354 e. The molecule has 3 aliphatic heterocycles. The lowest BCUT2D eigenvalue weighted by atomic mass is 9.72. The summed E-state index contributed by atoms with van der Waals surface area (Å²) in [4.78, 5) is 50.0. The smallest absolute Gasteiger partial charge is 0.274 e. The molecule has 4 atom stereocenters. The van der Waals surface area contributed by atoms with E-state index in [2.05, 4.69) is 20.2 Å². The van der Waals surface area contributed by atoms with E-state index in [9.17, 15) is 14.4 Å². The van der Waals surface area contributed by atoms with Gasteiger partial charge in [-0.2, -0.15) is 0 Å². The van der Waals surface area contributed by atoms with E-state index in [1.807, 2.05) is 11.8 Å². The molecule has 3 saturated heterocycles. The summed E-state index contributed by atoms with van der Waals surface area (Å²) in [6.45, 7) is 3.67. The SMILES string of the molecule is CCCC(=O)NC[C@H]1[C@H]2C[C@H](CN(C(=O)c3cnccn3)C2)[C@@H]2CCCC(=O)N21. The minimum absolute atomic E-state index is 0.0268. The van der Waals surface area contributed by atoms with Crippen molar-refractivity contribution in [3.8, 4) is 0 Å². The summed E-state index contributed by atoms with van der Waals surface area (Å²) >= 11 is 0. The molecule has 4 rings (SSSR count). The average molecular weight is 399 g/mol. The first-order valence-electron chi connectivity index (χ1n) is 10.7. The fraction of sp³-hybridized carbons (Fsp3) is 0.667. The Kier molecular flexibility index (Phi) is 5.78. The number of aromatic nitrogens is 2. The predicted octanol–water partition coefficient (Wildman–Crippen LogP) is 1.23. The molecule has 2 bridgehead atoms. The number of hydrogen-bond acceptors (Lipinski definition) is 5. The van der Waals surface area contributed by atoms with Crippen LogP contribution in [0.5, 0.6) is 0 Å². The molecule has 8 nitrogen and oxygen atoms in total. The van der Waals surface area contributed by atoms with Crippen LogP contribution in [-0.2, 0) is 9.59 Å². The Bertz CT molecular complexity index is 771. The number of likely N-dealkylation sites (tertiary alicyclic amines) is 1. The summed E-state index contributed by atoms with van der Waals surface area (Å²) in [5.41, 5.74) is 0.358. The Balaban J connectivity index is 1.55. The van der Waals surface area contributed by atoms with Crippen molar-refractivity contribution in [1.82, 2.24) is 25.1 Å². The van der Waals surface area contributed by atoms with Crippen LogP contribution < -0.4 is 5.32 Å². The lowest BCUT2D eigenvalue weighted by molar-refractivity contribution is -0.152. The Morgan fingerprint density at radius 2 is 2.07 bits per heavy atom. The third kappa shape index (κ3) is 3.97. The van der Waals surface area contributed by atoms with Gasteiger partial charge in [0.15, 0.2) is 0 Å². The molecule has 0 unspecified atom stereocenters. The Hall–Kier alpha value is -2.51. The fourth-order valence-corrected chi connectivity index (χ4v) is 5.31. The van der Waals surface area contributed by atoms with Crippen molar-refractivity contribution in [3.05, 3.63) is 24.3 Å². The van der Waals surface area contributed by atoms with Gasteiger partial charge in [-0.25, -0.2) is 4.98 Å². The van der Waals surface area contributed by atoms with E-state index in [1.165, 1.54) is 12.4 Å². The van der Waals surface area contributed by atoms with Gasteiger partial charge >= 0.3 is 0 Å². The van der Waals surface area contributed by atoms with Gasteiger partial charge in [-0.15, -0.1) is 0 Å². The van der Waals surface area contributed by atoms with E-state index in [1.54, 1.807) is 6.20 Å². The summed E-state index contributed by atoms with van der Waals surface area (Å²) in [6, 6.07) is 0.0975. The van der Waals surface area contributed by atoms with E-state index < -0.39 is 0 Å². The summed E-state index contributed by atoms with van der Waals surface area (Å²) < 4.78 is 0. The first-order valence-corrected chi connectivity index (χ1v) is 10.7. The van der Waals surface area contributed by atoms with E-state index in [4.69, 9.17) is 0 Å². The van der Waals surface area contributed by atoms with Crippen LogP contribution in [0.25, 0.3) is 0 Å². The van der Waals surface area contributed by atoms with Crippen molar-refractivity contribution in [2.24, 2.45) is 11.8 Å². The van der Waals surface area contributed by atoms with Gasteiger partial charge in [0.05, 0.1) is 12.2 Å². The topological polar surface area (TPSA) is 95.5 Å². The number of fused-ring (bicyclic) bond motifs is 4. The number of rotatable bonds is 5. The molecule has 1 aromatic heterocycles. The van der Waals surface area contributed by atoms with Gasteiger partial charge in [0.1, 0.15) is 5.69 Å². The van der Waals surface area contributed by atoms with Crippen LogP contribution in [0.2, 0.25) is 0 Å². The van der Waals surface area contributed by atoms with Crippen LogP contribution >= 0.6 is 0 Å². The van der Waals surface area contributed by atoms with E-state index >= 15 is 0 Å². The molecule has 0 spiro atoms. The van der Waals surface area contributed by atoms with Crippen LogP contribution in [0.1, 0.15) is 55.9 Å². The summed E-state index contributed by atoms with van der Waals surface area (Å²) in [5, 5.41) is 3.03.